The van der Waals surface area contributed by atoms with E-state index >= 15 is 0 Å². The standard InChI is InChI=1S/C13H15BrN2O3S2/c1-15-7-9-3-13(20-8-9)21(17,18)16-11-4-10(14)5-12(6-11)19-2/h3-6,8,15-16H,7H2,1-2H3. The molecule has 0 spiro atoms. The van der Waals surface area contributed by atoms with E-state index < -0.39 is 10.0 Å². The van der Waals surface area contributed by atoms with Crippen LogP contribution in [0.25, 0.3) is 0 Å². The van der Waals surface area contributed by atoms with Crippen LogP contribution < -0.4 is 14.8 Å². The number of halogens is 1. The Bertz CT molecular complexity index is 729. The van der Waals surface area contributed by atoms with E-state index in [1.807, 2.05) is 12.4 Å². The van der Waals surface area contributed by atoms with Gasteiger partial charge in [0.1, 0.15) is 9.96 Å². The molecule has 0 radical (unpaired) electrons. The van der Waals surface area contributed by atoms with Crippen molar-refractivity contribution in [3.8, 4) is 5.75 Å². The minimum absolute atomic E-state index is 0.284. The van der Waals surface area contributed by atoms with Gasteiger partial charge in [0.25, 0.3) is 10.0 Å². The molecule has 0 atom stereocenters. The van der Waals surface area contributed by atoms with Crippen LogP contribution >= 0.6 is 27.3 Å². The lowest BCUT2D eigenvalue weighted by Gasteiger charge is -2.08. The third-order valence-corrected chi connectivity index (χ3v) is 5.96. The minimum atomic E-state index is -3.59. The Labute approximate surface area is 136 Å². The maximum Gasteiger partial charge on any atom is 0.271 e. The number of benzene rings is 1. The summed E-state index contributed by atoms with van der Waals surface area (Å²) < 4.78 is 33.4. The maximum atomic E-state index is 12.4. The number of sulfonamides is 1. The third-order valence-electron chi connectivity index (χ3n) is 2.63. The molecule has 8 heteroatoms. The van der Waals surface area contributed by atoms with E-state index in [1.54, 1.807) is 24.3 Å². The largest absolute Gasteiger partial charge is 0.497 e. The van der Waals surface area contributed by atoms with Crippen LogP contribution in [0.5, 0.6) is 5.75 Å². The van der Waals surface area contributed by atoms with Crippen LogP contribution in [-0.2, 0) is 16.6 Å². The molecule has 2 aromatic rings. The van der Waals surface area contributed by atoms with Gasteiger partial charge in [0, 0.05) is 17.1 Å². The van der Waals surface area contributed by atoms with E-state index in [1.165, 1.54) is 18.4 Å². The molecule has 1 heterocycles. The average molecular weight is 391 g/mol. The predicted molar refractivity (Wildman–Crippen MR) is 88.6 cm³/mol. The molecule has 5 nitrogen and oxygen atoms in total. The molecule has 0 amide bonds. The topological polar surface area (TPSA) is 67.4 Å². The molecule has 21 heavy (non-hydrogen) atoms. The van der Waals surface area contributed by atoms with Gasteiger partial charge in [-0.25, -0.2) is 8.42 Å². The first-order valence-electron chi connectivity index (χ1n) is 6.04. The van der Waals surface area contributed by atoms with Gasteiger partial charge in [-0.3, -0.25) is 4.72 Å². The summed E-state index contributed by atoms with van der Waals surface area (Å²) in [6.45, 7) is 0.636. The van der Waals surface area contributed by atoms with Crippen molar-refractivity contribution in [1.29, 1.82) is 0 Å². The molecule has 0 aliphatic heterocycles. The van der Waals surface area contributed by atoms with Gasteiger partial charge in [-0.05, 0) is 36.2 Å². The number of anilines is 1. The smallest absolute Gasteiger partial charge is 0.271 e. The van der Waals surface area contributed by atoms with Crippen LogP contribution in [0.15, 0.2) is 38.3 Å². The fourth-order valence-corrected chi connectivity index (χ4v) is 4.46. The van der Waals surface area contributed by atoms with E-state index in [2.05, 4.69) is 26.0 Å². The van der Waals surface area contributed by atoms with Gasteiger partial charge >= 0.3 is 0 Å². The summed E-state index contributed by atoms with van der Waals surface area (Å²) in [5.74, 6) is 0.573. The number of hydrogen-bond donors (Lipinski definition) is 2. The van der Waals surface area contributed by atoms with Crippen molar-refractivity contribution in [3.63, 3.8) is 0 Å². The van der Waals surface area contributed by atoms with Gasteiger partial charge in [0.05, 0.1) is 12.8 Å². The highest BCUT2D eigenvalue weighted by Crippen LogP contribution is 2.28. The lowest BCUT2D eigenvalue weighted by atomic mass is 10.3. The maximum absolute atomic E-state index is 12.4. The Morgan fingerprint density at radius 1 is 1.29 bits per heavy atom. The molecule has 114 valence electrons. The van der Waals surface area contributed by atoms with Crippen LogP contribution in [0.1, 0.15) is 5.56 Å². The first-order chi connectivity index (χ1) is 9.94. The zero-order valence-corrected chi connectivity index (χ0v) is 14.7. The second-order valence-corrected chi connectivity index (χ2v) is 8.03. The second kappa shape index (κ2) is 6.78. The molecular weight excluding hydrogens is 376 g/mol. The highest BCUT2D eigenvalue weighted by Gasteiger charge is 2.17. The first kappa shape index (κ1) is 16.3. The molecule has 0 aliphatic rings. The second-order valence-electron chi connectivity index (χ2n) is 4.29. The summed E-state index contributed by atoms with van der Waals surface area (Å²) in [6, 6.07) is 6.74. The molecule has 2 rings (SSSR count). The number of hydrogen-bond acceptors (Lipinski definition) is 5. The fraction of sp³-hybridized carbons (Fsp3) is 0.231. The van der Waals surface area contributed by atoms with Crippen LogP contribution in [0, 0.1) is 0 Å². The Morgan fingerprint density at radius 3 is 2.71 bits per heavy atom. The van der Waals surface area contributed by atoms with Crippen molar-refractivity contribution in [2.45, 2.75) is 10.8 Å². The van der Waals surface area contributed by atoms with Crippen molar-refractivity contribution in [2.75, 3.05) is 18.9 Å². The number of ether oxygens (including phenoxy) is 1. The average Bonchev–Trinajstić information content (AvgIpc) is 2.87. The van der Waals surface area contributed by atoms with Crippen LogP contribution in [0.3, 0.4) is 0 Å². The molecule has 0 unspecified atom stereocenters. The predicted octanol–water partition coefficient (Wildman–Crippen LogP) is 3.04. The minimum Gasteiger partial charge on any atom is -0.497 e. The van der Waals surface area contributed by atoms with Gasteiger partial charge in [-0.2, -0.15) is 0 Å². The highest BCUT2D eigenvalue weighted by atomic mass is 79.9. The van der Waals surface area contributed by atoms with Gasteiger partial charge in [-0.15, -0.1) is 11.3 Å². The highest BCUT2D eigenvalue weighted by molar-refractivity contribution is 9.10. The van der Waals surface area contributed by atoms with E-state index in [-0.39, 0.29) is 4.21 Å². The van der Waals surface area contributed by atoms with Gasteiger partial charge in [-0.1, -0.05) is 15.9 Å². The molecule has 0 saturated carbocycles. The van der Waals surface area contributed by atoms with E-state index in [9.17, 15) is 8.42 Å². The number of rotatable bonds is 6. The lowest BCUT2D eigenvalue weighted by Crippen LogP contribution is -2.11. The van der Waals surface area contributed by atoms with Crippen molar-refractivity contribution in [3.05, 3.63) is 39.7 Å². The molecule has 2 N–H and O–H groups in total. The molecule has 0 saturated heterocycles. The number of thiophene rings is 1. The van der Waals surface area contributed by atoms with E-state index in [0.717, 1.165) is 10.0 Å². The van der Waals surface area contributed by atoms with Crippen molar-refractivity contribution < 1.29 is 13.2 Å². The van der Waals surface area contributed by atoms with Gasteiger partial charge in [0.2, 0.25) is 0 Å². The summed E-state index contributed by atoms with van der Waals surface area (Å²) in [4.78, 5) is 0. The summed E-state index contributed by atoms with van der Waals surface area (Å²) in [5, 5.41) is 4.82. The molecule has 1 aromatic carbocycles. The molecule has 0 fully saturated rings. The monoisotopic (exact) mass is 390 g/mol. The molecular formula is C13H15BrN2O3S2. The van der Waals surface area contributed by atoms with E-state index in [0.29, 0.717) is 18.0 Å². The van der Waals surface area contributed by atoms with Gasteiger partial charge in [0.15, 0.2) is 0 Å². The van der Waals surface area contributed by atoms with E-state index in [4.69, 9.17) is 4.74 Å². The quantitative estimate of drug-likeness (QED) is 0.795. The zero-order chi connectivity index (χ0) is 15.5. The Hall–Kier alpha value is -1.09. The fourth-order valence-electron chi connectivity index (χ4n) is 1.74. The summed E-state index contributed by atoms with van der Waals surface area (Å²) >= 11 is 4.52. The third kappa shape index (κ3) is 4.19. The molecule has 1 aromatic heterocycles. The molecule has 0 aliphatic carbocycles. The van der Waals surface area contributed by atoms with Crippen molar-refractivity contribution in [2.24, 2.45) is 0 Å². The van der Waals surface area contributed by atoms with Crippen LogP contribution in [-0.4, -0.2) is 22.6 Å². The van der Waals surface area contributed by atoms with Crippen LogP contribution in [0.2, 0.25) is 0 Å². The Balaban J connectivity index is 2.26. The number of methoxy groups -OCH3 is 1. The summed E-state index contributed by atoms with van der Waals surface area (Å²) in [7, 11) is -0.240. The van der Waals surface area contributed by atoms with Gasteiger partial charge < -0.3 is 10.1 Å². The number of nitrogens with one attached hydrogen (secondary N) is 2. The van der Waals surface area contributed by atoms with Crippen LogP contribution in [0.4, 0.5) is 5.69 Å². The van der Waals surface area contributed by atoms with Crippen molar-refractivity contribution in [1.82, 2.24) is 5.32 Å². The van der Waals surface area contributed by atoms with Crippen molar-refractivity contribution >= 4 is 43.0 Å². The summed E-state index contributed by atoms with van der Waals surface area (Å²) in [6.07, 6.45) is 0. The molecule has 0 bridgehead atoms. The normalized spacial score (nSPS) is 11.4. The first-order valence-corrected chi connectivity index (χ1v) is 9.19. The zero-order valence-electron chi connectivity index (χ0n) is 11.5. The SMILES string of the molecule is CNCc1csc(S(=O)(=O)Nc2cc(Br)cc(OC)c2)c1. The summed E-state index contributed by atoms with van der Waals surface area (Å²) in [5.41, 5.74) is 1.39. The Morgan fingerprint density at radius 2 is 2.05 bits per heavy atom. The lowest BCUT2D eigenvalue weighted by molar-refractivity contribution is 0.415. The Kier molecular flexibility index (Phi) is 5.26.